The van der Waals surface area contributed by atoms with Gasteiger partial charge in [-0.3, -0.25) is 0 Å². The van der Waals surface area contributed by atoms with Gasteiger partial charge in [0.2, 0.25) is 0 Å². The fourth-order valence-electron chi connectivity index (χ4n) is 1.80. The molecular weight excluding hydrogens is 318 g/mol. The zero-order valence-corrected chi connectivity index (χ0v) is 11.6. The molecule has 0 amide bonds. The van der Waals surface area contributed by atoms with E-state index in [2.05, 4.69) is 20.9 Å². The highest BCUT2D eigenvalue weighted by Crippen LogP contribution is 2.32. The lowest BCUT2D eigenvalue weighted by Crippen LogP contribution is -1.95. The van der Waals surface area contributed by atoms with Crippen LogP contribution in [0.15, 0.2) is 50.1 Å². The maximum absolute atomic E-state index is 6.32. The van der Waals surface area contributed by atoms with E-state index in [0.717, 1.165) is 16.7 Å². The fourth-order valence-corrected chi connectivity index (χ4v) is 2.75. The molecule has 0 spiro atoms. The van der Waals surface area contributed by atoms with Crippen LogP contribution in [0.3, 0.4) is 0 Å². The highest BCUT2D eigenvalue weighted by molar-refractivity contribution is 9.10. The summed E-state index contributed by atoms with van der Waals surface area (Å²) in [6, 6.07) is 9.49. The monoisotopic (exact) mass is 325 g/mol. The number of hydrogen-bond acceptors (Lipinski definition) is 3. The molecule has 0 radical (unpaired) electrons. The number of nitrogens with zero attached hydrogens (tertiary/aromatic N) is 1. The van der Waals surface area contributed by atoms with E-state index in [1.807, 2.05) is 30.3 Å². The molecule has 0 bridgehead atoms. The van der Waals surface area contributed by atoms with E-state index >= 15 is 0 Å². The first-order valence-corrected chi connectivity index (χ1v) is 6.68. The van der Waals surface area contributed by atoms with Crippen molar-refractivity contribution in [2.75, 3.05) is 0 Å². The number of para-hydroxylation sites is 2. The van der Waals surface area contributed by atoms with Gasteiger partial charge in [-0.2, -0.15) is 0 Å². The van der Waals surface area contributed by atoms with Crippen LogP contribution < -0.4 is 0 Å². The maximum Gasteiger partial charge on any atom is 0.197 e. The van der Waals surface area contributed by atoms with E-state index in [4.69, 9.17) is 20.4 Å². The van der Waals surface area contributed by atoms with Gasteiger partial charge in [-0.1, -0.05) is 12.1 Å². The summed E-state index contributed by atoms with van der Waals surface area (Å²) >= 11 is 9.64. The van der Waals surface area contributed by atoms with Gasteiger partial charge in [0.25, 0.3) is 0 Å². The lowest BCUT2D eigenvalue weighted by molar-refractivity contribution is 0.517. The molecule has 3 aromatic rings. The van der Waals surface area contributed by atoms with Crippen LogP contribution in [0.5, 0.6) is 0 Å². The summed E-state index contributed by atoms with van der Waals surface area (Å²) in [4.78, 5) is 4.40. The van der Waals surface area contributed by atoms with Gasteiger partial charge in [0, 0.05) is 12.0 Å². The van der Waals surface area contributed by atoms with Crippen molar-refractivity contribution in [3.63, 3.8) is 0 Å². The summed E-state index contributed by atoms with van der Waals surface area (Å²) in [5.41, 5.74) is 2.53. The van der Waals surface area contributed by atoms with Gasteiger partial charge in [-0.05, 0) is 34.1 Å². The molecule has 2 heterocycles. The fraction of sp³-hybridized carbons (Fsp3) is 0.154. The van der Waals surface area contributed by atoms with E-state index in [1.54, 1.807) is 6.26 Å². The molecule has 1 atom stereocenters. The zero-order valence-electron chi connectivity index (χ0n) is 9.27. The smallest absolute Gasteiger partial charge is 0.197 e. The van der Waals surface area contributed by atoms with Gasteiger partial charge in [0.1, 0.15) is 5.52 Å². The Balaban J connectivity index is 1.86. The second kappa shape index (κ2) is 4.78. The van der Waals surface area contributed by atoms with Crippen molar-refractivity contribution in [2.45, 2.75) is 11.8 Å². The van der Waals surface area contributed by atoms with Crippen LogP contribution in [-0.2, 0) is 6.42 Å². The van der Waals surface area contributed by atoms with Gasteiger partial charge < -0.3 is 8.83 Å². The minimum absolute atomic E-state index is 0.230. The van der Waals surface area contributed by atoms with E-state index in [9.17, 15) is 0 Å². The van der Waals surface area contributed by atoms with Crippen molar-refractivity contribution < 1.29 is 8.83 Å². The van der Waals surface area contributed by atoms with E-state index < -0.39 is 0 Å². The predicted molar refractivity (Wildman–Crippen MR) is 72.7 cm³/mol. The van der Waals surface area contributed by atoms with E-state index in [1.165, 1.54) is 0 Å². The Morgan fingerprint density at radius 3 is 2.83 bits per heavy atom. The minimum atomic E-state index is -0.230. The molecule has 0 saturated carbocycles. The first-order chi connectivity index (χ1) is 8.74. The molecule has 0 aliphatic heterocycles. The Morgan fingerprint density at radius 2 is 2.11 bits per heavy atom. The summed E-state index contributed by atoms with van der Waals surface area (Å²) < 4.78 is 11.5. The van der Waals surface area contributed by atoms with Crippen LogP contribution in [0.25, 0.3) is 11.1 Å². The lowest BCUT2D eigenvalue weighted by atomic mass is 10.2. The third-order valence-corrected chi connectivity index (χ3v) is 3.71. The Morgan fingerprint density at radius 1 is 1.28 bits per heavy atom. The summed E-state index contributed by atoms with van der Waals surface area (Å²) in [6.07, 6.45) is 2.12. The SMILES string of the molecule is ClC(Cc1nc2ccccc2o1)c1ccoc1Br. The number of benzene rings is 1. The molecule has 0 N–H and O–H groups in total. The van der Waals surface area contributed by atoms with Gasteiger partial charge >= 0.3 is 0 Å². The van der Waals surface area contributed by atoms with Crippen LogP contribution in [0.4, 0.5) is 0 Å². The summed E-state index contributed by atoms with van der Waals surface area (Å²) in [5, 5.41) is -0.230. The second-order valence-electron chi connectivity index (χ2n) is 3.90. The predicted octanol–water partition coefficient (Wildman–Crippen LogP) is 4.71. The largest absolute Gasteiger partial charge is 0.457 e. The highest BCUT2D eigenvalue weighted by Gasteiger charge is 2.17. The molecule has 5 heteroatoms. The number of rotatable bonds is 3. The molecule has 1 unspecified atom stereocenters. The van der Waals surface area contributed by atoms with Crippen molar-refractivity contribution in [3.05, 3.63) is 52.7 Å². The first kappa shape index (κ1) is 11.8. The standard InChI is InChI=1S/C13H9BrClNO2/c14-13-8(5-6-17-13)9(15)7-12-16-10-3-1-2-4-11(10)18-12/h1-6,9H,7H2. The number of alkyl halides is 1. The van der Waals surface area contributed by atoms with Gasteiger partial charge in [0.05, 0.1) is 11.6 Å². The molecule has 1 aromatic carbocycles. The Labute approximate surface area is 117 Å². The Kier molecular flexibility index (Phi) is 3.14. The summed E-state index contributed by atoms with van der Waals surface area (Å²) in [7, 11) is 0. The third kappa shape index (κ3) is 2.18. The summed E-state index contributed by atoms with van der Waals surface area (Å²) in [6.45, 7) is 0. The van der Waals surface area contributed by atoms with Crippen molar-refractivity contribution in [2.24, 2.45) is 0 Å². The molecule has 0 fully saturated rings. The zero-order chi connectivity index (χ0) is 12.5. The lowest BCUT2D eigenvalue weighted by Gasteiger charge is -2.03. The number of oxazole rings is 1. The third-order valence-electron chi connectivity index (χ3n) is 2.68. The molecule has 3 nitrogen and oxygen atoms in total. The van der Waals surface area contributed by atoms with Gasteiger partial charge in [0.15, 0.2) is 16.1 Å². The molecule has 18 heavy (non-hydrogen) atoms. The number of hydrogen-bond donors (Lipinski definition) is 0. The van der Waals surface area contributed by atoms with E-state index in [0.29, 0.717) is 17.0 Å². The topological polar surface area (TPSA) is 39.2 Å². The van der Waals surface area contributed by atoms with Crippen molar-refractivity contribution >= 4 is 38.6 Å². The van der Waals surface area contributed by atoms with Crippen LogP contribution in [0, 0.1) is 0 Å². The Bertz CT molecular complexity index is 643. The normalized spacial score (nSPS) is 13.0. The molecule has 0 saturated heterocycles. The van der Waals surface area contributed by atoms with Crippen LogP contribution in [0.1, 0.15) is 16.8 Å². The molecule has 0 aliphatic carbocycles. The second-order valence-corrected chi connectivity index (χ2v) is 5.14. The first-order valence-electron chi connectivity index (χ1n) is 5.45. The van der Waals surface area contributed by atoms with E-state index in [-0.39, 0.29) is 5.38 Å². The van der Waals surface area contributed by atoms with Crippen LogP contribution in [-0.4, -0.2) is 4.98 Å². The average Bonchev–Trinajstić information content (AvgIpc) is 2.94. The Hall–Kier alpha value is -1.26. The quantitative estimate of drug-likeness (QED) is 0.655. The van der Waals surface area contributed by atoms with Gasteiger partial charge in [-0.15, -0.1) is 11.6 Å². The van der Waals surface area contributed by atoms with Crippen molar-refractivity contribution in [1.29, 1.82) is 0 Å². The maximum atomic E-state index is 6.32. The molecular formula is C13H9BrClNO2. The molecule has 2 aromatic heterocycles. The highest BCUT2D eigenvalue weighted by atomic mass is 79.9. The van der Waals surface area contributed by atoms with Crippen molar-refractivity contribution in [3.8, 4) is 0 Å². The van der Waals surface area contributed by atoms with Crippen LogP contribution in [0.2, 0.25) is 0 Å². The molecule has 0 aliphatic rings. The number of fused-ring (bicyclic) bond motifs is 1. The van der Waals surface area contributed by atoms with Crippen LogP contribution >= 0.6 is 27.5 Å². The van der Waals surface area contributed by atoms with Crippen molar-refractivity contribution in [1.82, 2.24) is 4.98 Å². The number of halogens is 2. The number of furan rings is 1. The molecule has 92 valence electrons. The van der Waals surface area contributed by atoms with Gasteiger partial charge in [-0.25, -0.2) is 4.98 Å². The summed E-state index contributed by atoms with van der Waals surface area (Å²) in [5.74, 6) is 0.629. The molecule has 3 rings (SSSR count). The minimum Gasteiger partial charge on any atom is -0.457 e. The number of aromatic nitrogens is 1. The average molecular weight is 327 g/mol.